The van der Waals surface area contributed by atoms with E-state index in [9.17, 15) is 22.8 Å². The van der Waals surface area contributed by atoms with Gasteiger partial charge < -0.3 is 10.4 Å². The van der Waals surface area contributed by atoms with E-state index in [1.54, 1.807) is 11.4 Å². The first kappa shape index (κ1) is 21.7. The summed E-state index contributed by atoms with van der Waals surface area (Å²) in [5.74, 6) is -1.64. The minimum Gasteiger partial charge on any atom is -0.481 e. The van der Waals surface area contributed by atoms with Crippen molar-refractivity contribution < 1.29 is 27.9 Å². The highest BCUT2D eigenvalue weighted by Gasteiger charge is 2.32. The molecule has 1 atom stereocenters. The van der Waals surface area contributed by atoms with Crippen molar-refractivity contribution >= 4 is 34.8 Å². The smallest absolute Gasteiger partial charge is 0.433 e. The molecule has 0 spiro atoms. The van der Waals surface area contributed by atoms with E-state index in [2.05, 4.69) is 20.6 Å². The highest BCUT2D eigenvalue weighted by atomic mass is 35.5. The van der Waals surface area contributed by atoms with E-state index in [4.69, 9.17) is 16.7 Å². The molecule has 0 fully saturated rings. The molecule has 3 aromatic heterocycles. The predicted molar refractivity (Wildman–Crippen MR) is 101 cm³/mol. The first-order valence-corrected chi connectivity index (χ1v) is 9.59. The first-order chi connectivity index (χ1) is 14.1. The van der Waals surface area contributed by atoms with Gasteiger partial charge in [-0.15, -0.1) is 16.4 Å². The largest absolute Gasteiger partial charge is 0.481 e. The summed E-state index contributed by atoms with van der Waals surface area (Å²) < 4.78 is 39.1. The van der Waals surface area contributed by atoms with Crippen LogP contribution >= 0.6 is 22.9 Å². The molecule has 0 aliphatic rings. The van der Waals surface area contributed by atoms with Gasteiger partial charge in [-0.2, -0.15) is 13.2 Å². The zero-order valence-electron chi connectivity index (χ0n) is 14.9. The lowest BCUT2D eigenvalue weighted by molar-refractivity contribution is -0.141. The van der Waals surface area contributed by atoms with Crippen LogP contribution in [-0.4, -0.2) is 43.0 Å². The lowest BCUT2D eigenvalue weighted by Gasteiger charge is -2.15. The summed E-state index contributed by atoms with van der Waals surface area (Å²) in [4.78, 5) is 27.1. The maximum Gasteiger partial charge on any atom is 0.433 e. The number of hydrogen-bond donors (Lipinski definition) is 2. The van der Waals surface area contributed by atoms with Crippen molar-refractivity contribution in [1.29, 1.82) is 0 Å². The summed E-state index contributed by atoms with van der Waals surface area (Å²) in [6.07, 6.45) is -2.47. The Hall–Kier alpha value is -2.99. The highest BCUT2D eigenvalue weighted by molar-refractivity contribution is 7.12. The Morgan fingerprint density at radius 2 is 2.07 bits per heavy atom. The molecule has 2 N–H and O–H groups in total. The minimum absolute atomic E-state index is 0.0368. The van der Waals surface area contributed by atoms with E-state index in [0.717, 1.165) is 23.6 Å². The molecule has 3 aromatic rings. The van der Waals surface area contributed by atoms with Crippen molar-refractivity contribution in [2.45, 2.75) is 25.1 Å². The van der Waals surface area contributed by atoms with Gasteiger partial charge >= 0.3 is 12.1 Å². The molecule has 3 rings (SSSR count). The molecule has 1 amide bonds. The molecule has 0 aromatic carbocycles. The Labute approximate surface area is 176 Å². The van der Waals surface area contributed by atoms with Gasteiger partial charge in [0.05, 0.1) is 35.2 Å². The van der Waals surface area contributed by atoms with Gasteiger partial charge in [0.1, 0.15) is 10.6 Å². The molecule has 0 bridgehead atoms. The zero-order valence-corrected chi connectivity index (χ0v) is 16.5. The average molecular weight is 460 g/mol. The second-order valence-electron chi connectivity index (χ2n) is 6.12. The van der Waals surface area contributed by atoms with Gasteiger partial charge in [-0.25, -0.2) is 9.67 Å². The number of rotatable bonds is 7. The molecule has 13 heteroatoms. The van der Waals surface area contributed by atoms with Crippen molar-refractivity contribution in [2.75, 3.05) is 0 Å². The monoisotopic (exact) mass is 459 g/mol. The summed E-state index contributed by atoms with van der Waals surface area (Å²) in [5.41, 5.74) is -0.465. The number of carboxylic acid groups (broad SMARTS) is 1. The Morgan fingerprint density at radius 3 is 2.63 bits per heavy atom. The molecule has 0 saturated heterocycles. The van der Waals surface area contributed by atoms with Gasteiger partial charge in [0.25, 0.3) is 5.91 Å². The number of halogens is 4. The third kappa shape index (κ3) is 5.33. The van der Waals surface area contributed by atoms with E-state index in [1.165, 1.54) is 16.9 Å². The number of aliphatic carboxylic acids is 1. The maximum absolute atomic E-state index is 12.6. The van der Waals surface area contributed by atoms with Crippen molar-refractivity contribution in [3.05, 3.63) is 57.3 Å². The number of aromatic nitrogens is 4. The van der Waals surface area contributed by atoms with Crippen molar-refractivity contribution in [1.82, 2.24) is 25.3 Å². The van der Waals surface area contributed by atoms with Crippen LogP contribution in [-0.2, 0) is 17.4 Å². The predicted octanol–water partition coefficient (Wildman–Crippen LogP) is 3.21. The number of hydrogen-bond acceptors (Lipinski definition) is 6. The van der Waals surface area contributed by atoms with Crippen LogP contribution < -0.4 is 5.32 Å². The van der Waals surface area contributed by atoms with Gasteiger partial charge in [0.15, 0.2) is 0 Å². The van der Waals surface area contributed by atoms with Crippen molar-refractivity contribution in [2.24, 2.45) is 0 Å². The van der Waals surface area contributed by atoms with Crippen LogP contribution in [0.3, 0.4) is 0 Å². The SMILES string of the molecule is O=C(O)CC(Cc1cn(-c2ccc(C(F)(F)F)nc2)nn1)NC(=O)c1sccc1Cl. The third-order valence-electron chi connectivity index (χ3n) is 3.88. The summed E-state index contributed by atoms with van der Waals surface area (Å²) >= 11 is 7.04. The van der Waals surface area contributed by atoms with Crippen LogP contribution in [0.4, 0.5) is 13.2 Å². The first-order valence-electron chi connectivity index (χ1n) is 8.34. The van der Waals surface area contributed by atoms with Crippen LogP contribution in [0.15, 0.2) is 36.0 Å². The van der Waals surface area contributed by atoms with Crippen LogP contribution in [0.25, 0.3) is 5.69 Å². The average Bonchev–Trinajstić information content (AvgIpc) is 3.29. The second kappa shape index (κ2) is 8.79. The highest BCUT2D eigenvalue weighted by Crippen LogP contribution is 2.27. The number of nitrogens with one attached hydrogen (secondary N) is 1. The number of pyridine rings is 1. The Bertz CT molecular complexity index is 1050. The number of carbonyl (C=O) groups excluding carboxylic acids is 1. The van der Waals surface area contributed by atoms with Gasteiger partial charge in [-0.3, -0.25) is 9.59 Å². The fraction of sp³-hybridized carbons (Fsp3) is 0.235. The van der Waals surface area contributed by atoms with E-state index in [0.29, 0.717) is 5.69 Å². The Morgan fingerprint density at radius 1 is 1.30 bits per heavy atom. The van der Waals surface area contributed by atoms with E-state index in [-0.39, 0.29) is 28.4 Å². The Balaban J connectivity index is 1.73. The van der Waals surface area contributed by atoms with Crippen LogP contribution in [0, 0.1) is 0 Å². The zero-order chi connectivity index (χ0) is 21.9. The summed E-state index contributed by atoms with van der Waals surface area (Å²) in [6.45, 7) is 0. The minimum atomic E-state index is -4.56. The third-order valence-corrected chi connectivity index (χ3v) is 5.22. The van der Waals surface area contributed by atoms with E-state index < -0.39 is 29.8 Å². The molecule has 0 saturated carbocycles. The van der Waals surface area contributed by atoms with Crippen LogP contribution in [0.2, 0.25) is 5.02 Å². The number of alkyl halides is 3. The van der Waals surface area contributed by atoms with E-state index >= 15 is 0 Å². The van der Waals surface area contributed by atoms with Gasteiger partial charge in [0, 0.05) is 12.5 Å². The molecule has 158 valence electrons. The van der Waals surface area contributed by atoms with Gasteiger partial charge in [-0.1, -0.05) is 16.8 Å². The molecule has 0 aliphatic heterocycles. The topological polar surface area (TPSA) is 110 Å². The Kier molecular flexibility index (Phi) is 6.37. The maximum atomic E-state index is 12.6. The molecule has 0 aliphatic carbocycles. The summed E-state index contributed by atoms with van der Waals surface area (Å²) in [7, 11) is 0. The quantitative estimate of drug-likeness (QED) is 0.561. The molecule has 1 unspecified atom stereocenters. The van der Waals surface area contributed by atoms with Gasteiger partial charge in [-0.05, 0) is 23.6 Å². The fourth-order valence-corrected chi connectivity index (χ4v) is 3.60. The summed E-state index contributed by atoms with van der Waals surface area (Å²) in [5, 5.41) is 21.3. The van der Waals surface area contributed by atoms with E-state index in [1.807, 2.05) is 0 Å². The standard InChI is InChI=1S/C17H13ClF3N5O3S/c18-12-3-4-30-15(12)16(29)23-9(6-14(27)28)5-10-8-26(25-24-10)11-1-2-13(22-7-11)17(19,20)21/h1-4,7-9H,5-6H2,(H,23,29)(H,27,28). The summed E-state index contributed by atoms with van der Waals surface area (Å²) in [6, 6.07) is 2.75. The number of carbonyl (C=O) groups is 2. The molecule has 3 heterocycles. The lowest BCUT2D eigenvalue weighted by Crippen LogP contribution is -2.38. The number of thiophene rings is 1. The molecular formula is C17H13ClF3N5O3S. The van der Waals surface area contributed by atoms with Crippen molar-refractivity contribution in [3.8, 4) is 5.69 Å². The van der Waals surface area contributed by atoms with Crippen LogP contribution in [0.5, 0.6) is 0 Å². The van der Waals surface area contributed by atoms with Crippen molar-refractivity contribution in [3.63, 3.8) is 0 Å². The number of carboxylic acids is 1. The van der Waals surface area contributed by atoms with Crippen LogP contribution in [0.1, 0.15) is 27.5 Å². The number of amides is 1. The fourth-order valence-electron chi connectivity index (χ4n) is 2.55. The van der Waals surface area contributed by atoms with Gasteiger partial charge in [0.2, 0.25) is 0 Å². The molecular weight excluding hydrogens is 447 g/mol. The second-order valence-corrected chi connectivity index (χ2v) is 7.45. The molecule has 8 nitrogen and oxygen atoms in total. The molecule has 30 heavy (non-hydrogen) atoms. The number of nitrogens with zero attached hydrogens (tertiary/aromatic N) is 4. The lowest BCUT2D eigenvalue weighted by atomic mass is 10.1. The molecule has 0 radical (unpaired) electrons. The normalized spacial score (nSPS) is 12.5.